The monoisotopic (exact) mass is 399 g/mol. The van der Waals surface area contributed by atoms with Gasteiger partial charge in [0.1, 0.15) is 5.82 Å². The number of nitrogens with two attached hydrogens (primary N) is 1. The van der Waals surface area contributed by atoms with Crippen molar-refractivity contribution in [3.8, 4) is 0 Å². The highest BCUT2D eigenvalue weighted by Crippen LogP contribution is 2.24. The summed E-state index contributed by atoms with van der Waals surface area (Å²) in [6.07, 6.45) is 3.37. The molecule has 9 heteroatoms. The van der Waals surface area contributed by atoms with Gasteiger partial charge in [-0.1, -0.05) is 13.8 Å². The Morgan fingerprint density at radius 3 is 2.44 bits per heavy atom. The lowest BCUT2D eigenvalue weighted by Crippen LogP contribution is -2.44. The van der Waals surface area contributed by atoms with Crippen LogP contribution in [0.25, 0.3) is 0 Å². The average molecular weight is 400 g/mol. The highest BCUT2D eigenvalue weighted by atomic mass is 32.2. The van der Waals surface area contributed by atoms with Crippen molar-refractivity contribution in [2.24, 2.45) is 24.6 Å². The van der Waals surface area contributed by atoms with Gasteiger partial charge >= 0.3 is 0 Å². The first-order valence-electron chi connectivity index (χ1n) is 9.54. The summed E-state index contributed by atoms with van der Waals surface area (Å²) in [4.78, 5) is 18.5. The van der Waals surface area contributed by atoms with E-state index in [9.17, 15) is 13.2 Å². The fraction of sp³-hybridized carbons (Fsp3) is 0.778. The number of hydrogen-bond donors (Lipinski definition) is 1. The maximum atomic E-state index is 12.7. The number of imidazole rings is 1. The first-order chi connectivity index (χ1) is 12.5. The van der Waals surface area contributed by atoms with E-state index in [1.165, 1.54) is 10.5 Å². The van der Waals surface area contributed by atoms with Crippen molar-refractivity contribution in [2.45, 2.75) is 51.1 Å². The topological polar surface area (TPSA) is 102 Å². The number of amides is 1. The molecule has 1 amide bonds. The lowest BCUT2D eigenvalue weighted by Gasteiger charge is -2.32. The van der Waals surface area contributed by atoms with Crippen LogP contribution in [0.2, 0.25) is 0 Å². The summed E-state index contributed by atoms with van der Waals surface area (Å²) in [5.74, 6) is 0.982. The molecule has 154 valence electrons. The number of nitrogens with zero attached hydrogens (tertiary/aromatic N) is 4. The highest BCUT2D eigenvalue weighted by Gasteiger charge is 2.34. The molecular formula is C18H33N5O3S. The minimum absolute atomic E-state index is 0.0760. The number of aromatic nitrogens is 2. The number of rotatable bonds is 7. The maximum Gasteiger partial charge on any atom is 0.262 e. The molecule has 0 spiro atoms. The molecule has 2 N–H and O–H groups in total. The molecule has 2 rings (SSSR count). The van der Waals surface area contributed by atoms with Crippen LogP contribution in [0.5, 0.6) is 0 Å². The van der Waals surface area contributed by atoms with Crippen LogP contribution in [0.4, 0.5) is 0 Å². The predicted octanol–water partition coefficient (Wildman–Crippen LogP) is 0.961. The van der Waals surface area contributed by atoms with Gasteiger partial charge in [-0.05, 0) is 32.1 Å². The van der Waals surface area contributed by atoms with Crippen LogP contribution in [0, 0.1) is 18.8 Å². The van der Waals surface area contributed by atoms with Crippen molar-refractivity contribution in [3.63, 3.8) is 0 Å². The van der Waals surface area contributed by atoms with Crippen molar-refractivity contribution in [1.29, 1.82) is 0 Å². The van der Waals surface area contributed by atoms with Crippen molar-refractivity contribution in [3.05, 3.63) is 12.0 Å². The summed E-state index contributed by atoms with van der Waals surface area (Å²) in [5.41, 5.74) is 6.06. The molecule has 27 heavy (non-hydrogen) atoms. The van der Waals surface area contributed by atoms with Crippen LogP contribution in [0.3, 0.4) is 0 Å². The van der Waals surface area contributed by atoms with Gasteiger partial charge in [0.15, 0.2) is 5.03 Å². The Bertz CT molecular complexity index is 732. The van der Waals surface area contributed by atoms with Gasteiger partial charge in [-0.25, -0.2) is 13.4 Å². The Morgan fingerprint density at radius 1 is 1.37 bits per heavy atom. The smallest absolute Gasteiger partial charge is 0.262 e. The molecule has 0 radical (unpaired) electrons. The maximum absolute atomic E-state index is 12.7. The number of aryl methyl sites for hydroxylation is 2. The zero-order valence-electron chi connectivity index (χ0n) is 17.1. The Labute approximate surface area is 162 Å². The second-order valence-corrected chi connectivity index (χ2v) is 9.76. The van der Waals surface area contributed by atoms with Gasteiger partial charge < -0.3 is 15.2 Å². The van der Waals surface area contributed by atoms with Crippen molar-refractivity contribution >= 4 is 15.9 Å². The van der Waals surface area contributed by atoms with E-state index in [1.807, 2.05) is 0 Å². The summed E-state index contributed by atoms with van der Waals surface area (Å²) in [7, 11) is -0.0323. The zero-order chi connectivity index (χ0) is 20.4. The highest BCUT2D eigenvalue weighted by molar-refractivity contribution is 7.89. The molecular weight excluding hydrogens is 366 g/mol. The number of carbonyl (C=O) groups excluding carboxylic acids is 1. The Balaban J connectivity index is 1.91. The van der Waals surface area contributed by atoms with E-state index in [2.05, 4.69) is 18.8 Å². The zero-order valence-corrected chi connectivity index (χ0v) is 17.9. The molecule has 1 aromatic rings. The van der Waals surface area contributed by atoms with Crippen LogP contribution in [-0.4, -0.2) is 65.8 Å². The van der Waals surface area contributed by atoms with Crippen LogP contribution < -0.4 is 5.73 Å². The molecule has 1 aliphatic rings. The summed E-state index contributed by atoms with van der Waals surface area (Å²) in [6, 6.07) is 0.0778. The summed E-state index contributed by atoms with van der Waals surface area (Å²) in [6.45, 7) is 7.23. The first kappa shape index (κ1) is 21.8. The first-order valence-corrected chi connectivity index (χ1v) is 11.0. The third-order valence-corrected chi connectivity index (χ3v) is 7.29. The summed E-state index contributed by atoms with van der Waals surface area (Å²) >= 11 is 0. The van der Waals surface area contributed by atoms with Gasteiger partial charge in [-0.15, -0.1) is 0 Å². The quantitative estimate of drug-likeness (QED) is 0.736. The lowest BCUT2D eigenvalue weighted by atomic mass is 9.96. The summed E-state index contributed by atoms with van der Waals surface area (Å²) in [5, 5.41) is 0.0760. The molecule has 1 aromatic heterocycles. The molecule has 1 aliphatic heterocycles. The molecule has 8 nitrogen and oxygen atoms in total. The van der Waals surface area contributed by atoms with Crippen LogP contribution in [0.15, 0.2) is 11.2 Å². The molecule has 0 bridgehead atoms. The Hall–Kier alpha value is -1.45. The summed E-state index contributed by atoms with van der Waals surface area (Å²) < 4.78 is 28.6. The number of hydrogen-bond acceptors (Lipinski definition) is 5. The Kier molecular flexibility index (Phi) is 7.04. The van der Waals surface area contributed by atoms with Crippen molar-refractivity contribution in [2.75, 3.05) is 26.7 Å². The number of piperidine rings is 1. The van der Waals surface area contributed by atoms with Gasteiger partial charge in [0.05, 0.1) is 0 Å². The lowest BCUT2D eigenvalue weighted by molar-refractivity contribution is -0.135. The molecule has 0 saturated carbocycles. The minimum Gasteiger partial charge on any atom is -0.345 e. The van der Waals surface area contributed by atoms with E-state index < -0.39 is 10.0 Å². The third kappa shape index (κ3) is 5.08. The second-order valence-electron chi connectivity index (χ2n) is 7.87. The number of sulfonamides is 1. The van der Waals surface area contributed by atoms with Gasteiger partial charge in [0.2, 0.25) is 5.91 Å². The molecule has 1 unspecified atom stereocenters. The van der Waals surface area contributed by atoms with Gasteiger partial charge in [-0.2, -0.15) is 4.31 Å². The standard InChI is InChI=1S/C18H33N5O3S/c1-13(2)16(19)8-9-21(4)18(24)15-6-10-23(11-7-15)27(25,26)17-12-22(5)14(3)20-17/h12-13,15-16H,6-11,19H2,1-5H3. The fourth-order valence-electron chi connectivity index (χ4n) is 3.22. The predicted molar refractivity (Wildman–Crippen MR) is 104 cm³/mol. The van der Waals surface area contributed by atoms with E-state index in [-0.39, 0.29) is 22.9 Å². The van der Waals surface area contributed by atoms with Gasteiger partial charge in [0, 0.05) is 51.9 Å². The molecule has 0 aromatic carbocycles. The second kappa shape index (κ2) is 8.70. The van der Waals surface area contributed by atoms with Crippen LogP contribution >= 0.6 is 0 Å². The SMILES string of the molecule is Cc1nc(S(=O)(=O)N2CCC(C(=O)N(C)CCC(N)C(C)C)CC2)cn1C. The van der Waals surface area contributed by atoms with Crippen LogP contribution in [0.1, 0.15) is 38.9 Å². The van der Waals surface area contributed by atoms with E-state index >= 15 is 0 Å². The van der Waals surface area contributed by atoms with E-state index in [1.54, 1.807) is 30.5 Å². The van der Waals surface area contributed by atoms with E-state index in [0.29, 0.717) is 44.2 Å². The number of carbonyl (C=O) groups is 1. The third-order valence-electron chi connectivity index (χ3n) is 5.52. The van der Waals surface area contributed by atoms with Gasteiger partial charge in [0.25, 0.3) is 10.0 Å². The van der Waals surface area contributed by atoms with E-state index in [4.69, 9.17) is 5.73 Å². The minimum atomic E-state index is -3.60. The van der Waals surface area contributed by atoms with Gasteiger partial charge in [-0.3, -0.25) is 4.79 Å². The van der Waals surface area contributed by atoms with Crippen molar-refractivity contribution < 1.29 is 13.2 Å². The molecule has 1 atom stereocenters. The van der Waals surface area contributed by atoms with Crippen LogP contribution in [-0.2, 0) is 21.9 Å². The Morgan fingerprint density at radius 2 is 1.96 bits per heavy atom. The molecule has 1 fully saturated rings. The normalized spacial score (nSPS) is 18.0. The largest absolute Gasteiger partial charge is 0.345 e. The fourth-order valence-corrected chi connectivity index (χ4v) is 4.72. The molecule has 0 aliphatic carbocycles. The van der Waals surface area contributed by atoms with E-state index in [0.717, 1.165) is 6.42 Å². The molecule has 2 heterocycles. The average Bonchev–Trinajstić information content (AvgIpc) is 2.98. The molecule has 1 saturated heterocycles. The van der Waals surface area contributed by atoms with Crippen molar-refractivity contribution in [1.82, 2.24) is 18.8 Å².